The minimum absolute atomic E-state index is 0.0190. The first kappa shape index (κ1) is 17.9. The minimum Gasteiger partial charge on any atom is -0.378 e. The number of nitrogens with zero attached hydrogens (tertiary/aromatic N) is 1. The normalized spacial score (nSPS) is 17.1. The molecule has 1 atom stereocenters. The summed E-state index contributed by atoms with van der Waals surface area (Å²) in [5.74, 6) is -0.440. The highest BCUT2D eigenvalue weighted by molar-refractivity contribution is 7.85. The van der Waals surface area contributed by atoms with Gasteiger partial charge in [-0.15, -0.1) is 0 Å². The molecule has 0 bridgehead atoms. The molecule has 0 aliphatic carbocycles. The zero-order valence-corrected chi connectivity index (χ0v) is 14.5. The highest BCUT2D eigenvalue weighted by Gasteiger charge is 2.30. The maximum absolute atomic E-state index is 12.9. The summed E-state index contributed by atoms with van der Waals surface area (Å²) in [6.45, 7) is 7.53. The summed E-state index contributed by atoms with van der Waals surface area (Å²) < 4.78 is 37.7. The Bertz CT molecular complexity index is 693. The standard InChI is InChI=1S/C16H23NO5S/c1-4-13(16(18)17-7-9-22-10-8-17)15-11(2)5-6-14(12(15)3)23(19,20)21/h5-6,13H,4,7-10H2,1-3H3,(H,19,20,21)/t13-/m1/s1. The van der Waals surface area contributed by atoms with E-state index in [0.717, 1.165) is 5.56 Å². The molecule has 1 N–H and O–H groups in total. The van der Waals surface area contributed by atoms with E-state index >= 15 is 0 Å². The van der Waals surface area contributed by atoms with Gasteiger partial charge in [0, 0.05) is 13.1 Å². The zero-order valence-electron chi connectivity index (χ0n) is 13.7. The molecule has 1 aromatic rings. The van der Waals surface area contributed by atoms with Crippen molar-refractivity contribution in [3.63, 3.8) is 0 Å². The molecule has 2 rings (SSSR count). The molecule has 0 spiro atoms. The van der Waals surface area contributed by atoms with Gasteiger partial charge in [0.2, 0.25) is 5.91 Å². The van der Waals surface area contributed by atoms with Gasteiger partial charge in [-0.25, -0.2) is 0 Å². The van der Waals surface area contributed by atoms with Crippen LogP contribution in [-0.4, -0.2) is 50.1 Å². The molecular formula is C16H23NO5S. The SMILES string of the molecule is CC[C@@H](C(=O)N1CCOCC1)c1c(C)ccc(S(=O)(=O)O)c1C. The van der Waals surface area contributed by atoms with Gasteiger partial charge >= 0.3 is 0 Å². The number of rotatable bonds is 4. The van der Waals surface area contributed by atoms with Gasteiger partial charge in [-0.3, -0.25) is 9.35 Å². The van der Waals surface area contributed by atoms with Crippen molar-refractivity contribution in [3.8, 4) is 0 Å². The Balaban J connectivity index is 2.47. The second-order valence-corrected chi connectivity index (χ2v) is 7.18. The first-order chi connectivity index (χ1) is 10.8. The van der Waals surface area contributed by atoms with Gasteiger partial charge in [-0.05, 0) is 43.0 Å². The van der Waals surface area contributed by atoms with Crippen LogP contribution in [0.4, 0.5) is 0 Å². The molecule has 1 heterocycles. The Morgan fingerprint density at radius 3 is 2.43 bits per heavy atom. The molecule has 1 saturated heterocycles. The maximum atomic E-state index is 12.9. The molecule has 23 heavy (non-hydrogen) atoms. The minimum atomic E-state index is -4.31. The van der Waals surface area contributed by atoms with Crippen molar-refractivity contribution in [1.29, 1.82) is 0 Å². The summed E-state index contributed by atoms with van der Waals surface area (Å²) in [6.07, 6.45) is 0.562. The predicted molar refractivity (Wildman–Crippen MR) is 86.2 cm³/mol. The lowest BCUT2D eigenvalue weighted by Crippen LogP contribution is -2.43. The highest BCUT2D eigenvalue weighted by Crippen LogP contribution is 2.32. The van der Waals surface area contributed by atoms with E-state index in [0.29, 0.717) is 43.9 Å². The van der Waals surface area contributed by atoms with E-state index in [2.05, 4.69) is 0 Å². The fraction of sp³-hybridized carbons (Fsp3) is 0.562. The van der Waals surface area contributed by atoms with Crippen molar-refractivity contribution in [2.75, 3.05) is 26.3 Å². The number of carbonyl (C=O) groups is 1. The third-order valence-corrected chi connectivity index (χ3v) is 5.34. The smallest absolute Gasteiger partial charge is 0.294 e. The summed E-state index contributed by atoms with van der Waals surface area (Å²) in [5.41, 5.74) is 1.99. The molecule has 1 amide bonds. The second-order valence-electron chi connectivity index (χ2n) is 5.79. The van der Waals surface area contributed by atoms with Gasteiger partial charge in [0.25, 0.3) is 10.1 Å². The van der Waals surface area contributed by atoms with E-state index in [1.807, 2.05) is 13.8 Å². The van der Waals surface area contributed by atoms with Crippen molar-refractivity contribution < 1.29 is 22.5 Å². The van der Waals surface area contributed by atoms with E-state index in [1.54, 1.807) is 17.9 Å². The van der Waals surface area contributed by atoms with Crippen LogP contribution in [0.15, 0.2) is 17.0 Å². The van der Waals surface area contributed by atoms with E-state index in [4.69, 9.17) is 4.74 Å². The summed E-state index contributed by atoms with van der Waals surface area (Å²) in [6, 6.07) is 3.02. The Morgan fingerprint density at radius 1 is 1.30 bits per heavy atom. The van der Waals surface area contributed by atoms with Crippen LogP contribution in [0.25, 0.3) is 0 Å². The molecule has 128 valence electrons. The molecule has 1 aliphatic rings. The Morgan fingerprint density at radius 2 is 1.91 bits per heavy atom. The third-order valence-electron chi connectivity index (χ3n) is 4.34. The van der Waals surface area contributed by atoms with Crippen molar-refractivity contribution in [3.05, 3.63) is 28.8 Å². The Hall–Kier alpha value is -1.44. The predicted octanol–water partition coefficient (Wildman–Crippen LogP) is 1.90. The first-order valence-electron chi connectivity index (χ1n) is 7.71. The molecule has 0 unspecified atom stereocenters. The average molecular weight is 341 g/mol. The van der Waals surface area contributed by atoms with Crippen LogP contribution in [-0.2, 0) is 19.6 Å². The quantitative estimate of drug-likeness (QED) is 0.846. The van der Waals surface area contributed by atoms with Gasteiger partial charge in [-0.1, -0.05) is 13.0 Å². The first-order valence-corrected chi connectivity index (χ1v) is 9.15. The van der Waals surface area contributed by atoms with Crippen LogP contribution >= 0.6 is 0 Å². The van der Waals surface area contributed by atoms with Crippen molar-refractivity contribution in [1.82, 2.24) is 4.90 Å². The number of morpholine rings is 1. The molecular weight excluding hydrogens is 318 g/mol. The molecule has 6 nitrogen and oxygen atoms in total. The van der Waals surface area contributed by atoms with Crippen LogP contribution < -0.4 is 0 Å². The summed E-state index contributed by atoms with van der Waals surface area (Å²) in [5, 5.41) is 0. The Kier molecular flexibility index (Phi) is 5.44. The summed E-state index contributed by atoms with van der Waals surface area (Å²) in [7, 11) is -4.31. The van der Waals surface area contributed by atoms with Gasteiger partial charge in [-0.2, -0.15) is 8.42 Å². The van der Waals surface area contributed by atoms with Crippen LogP contribution in [0.5, 0.6) is 0 Å². The van der Waals surface area contributed by atoms with E-state index in [1.165, 1.54) is 6.07 Å². The molecule has 1 aliphatic heterocycles. The number of amides is 1. The average Bonchev–Trinajstić information content (AvgIpc) is 2.50. The lowest BCUT2D eigenvalue weighted by atomic mass is 9.87. The van der Waals surface area contributed by atoms with E-state index in [-0.39, 0.29) is 10.8 Å². The van der Waals surface area contributed by atoms with Gasteiger partial charge in [0.05, 0.1) is 24.0 Å². The molecule has 0 aromatic heterocycles. The van der Waals surface area contributed by atoms with Crippen molar-refractivity contribution >= 4 is 16.0 Å². The van der Waals surface area contributed by atoms with Gasteiger partial charge in [0.1, 0.15) is 0 Å². The van der Waals surface area contributed by atoms with Crippen LogP contribution in [0.3, 0.4) is 0 Å². The topological polar surface area (TPSA) is 83.9 Å². The zero-order chi connectivity index (χ0) is 17.2. The third kappa shape index (κ3) is 3.73. The Labute approximate surface area is 137 Å². The fourth-order valence-electron chi connectivity index (χ4n) is 3.17. The highest BCUT2D eigenvalue weighted by atomic mass is 32.2. The molecule has 1 aromatic carbocycles. The number of ether oxygens (including phenoxy) is 1. The van der Waals surface area contributed by atoms with Crippen molar-refractivity contribution in [2.24, 2.45) is 0 Å². The van der Waals surface area contributed by atoms with Crippen molar-refractivity contribution in [2.45, 2.75) is 38.0 Å². The number of hydrogen-bond donors (Lipinski definition) is 1. The van der Waals surface area contributed by atoms with E-state index in [9.17, 15) is 17.8 Å². The number of aryl methyl sites for hydroxylation is 1. The van der Waals surface area contributed by atoms with Crippen LogP contribution in [0.1, 0.15) is 36.0 Å². The maximum Gasteiger partial charge on any atom is 0.294 e. The second kappa shape index (κ2) is 6.98. The summed E-state index contributed by atoms with van der Waals surface area (Å²) >= 11 is 0. The molecule has 0 saturated carbocycles. The number of carbonyl (C=O) groups excluding carboxylic acids is 1. The van der Waals surface area contributed by atoms with Gasteiger partial charge in [0.15, 0.2) is 0 Å². The monoisotopic (exact) mass is 341 g/mol. The van der Waals surface area contributed by atoms with Gasteiger partial charge < -0.3 is 9.64 Å². The lowest BCUT2D eigenvalue weighted by molar-refractivity contribution is -0.137. The summed E-state index contributed by atoms with van der Waals surface area (Å²) in [4.78, 5) is 14.5. The fourth-order valence-corrected chi connectivity index (χ4v) is 3.90. The molecule has 7 heteroatoms. The molecule has 1 fully saturated rings. The largest absolute Gasteiger partial charge is 0.378 e. The lowest BCUT2D eigenvalue weighted by Gasteiger charge is -2.31. The van der Waals surface area contributed by atoms with E-state index < -0.39 is 16.0 Å². The number of benzene rings is 1. The van der Waals surface area contributed by atoms with Crippen LogP contribution in [0, 0.1) is 13.8 Å². The van der Waals surface area contributed by atoms with Crippen LogP contribution in [0.2, 0.25) is 0 Å². The molecule has 0 radical (unpaired) electrons. The number of hydrogen-bond acceptors (Lipinski definition) is 4.